The normalized spacial score (nSPS) is 14.3. The minimum absolute atomic E-state index is 0.0809. The van der Waals surface area contributed by atoms with Gasteiger partial charge in [0, 0.05) is 0 Å². The van der Waals surface area contributed by atoms with Crippen LogP contribution in [0.5, 0.6) is 0 Å². The predicted molar refractivity (Wildman–Crippen MR) is 233 cm³/mol. The second-order valence-electron chi connectivity index (χ2n) is 17.4. The molecule has 0 aromatic heterocycles. The van der Waals surface area contributed by atoms with Gasteiger partial charge >= 0.3 is 5.97 Å². The van der Waals surface area contributed by atoms with E-state index in [0.717, 1.165) is 32.1 Å². The third-order valence-electron chi connectivity index (χ3n) is 13.1. The third kappa shape index (κ3) is 23.9. The molecule has 0 rings (SSSR count). The van der Waals surface area contributed by atoms with Crippen LogP contribution in [0.15, 0.2) is 0 Å². The molecule has 318 valence electrons. The number of ether oxygens (including phenoxy) is 1. The predicted octanol–water partition coefficient (Wildman–Crippen LogP) is 15.6. The standard InChI is InChI=1S/C49H98O4/c1-7-13-18-22-26-27-28-29-30-34-38-46(47(52)53-44-45(51)43-50)49(41-36-32-24-20-15-9-3,42-37-33-25-21-16-10-4)48(12-6,39-17-11-5)40-35-31-23-19-14-8-2/h45-46,50-51H,7-44H2,1-6H3. The Morgan fingerprint density at radius 2 is 0.811 bits per heavy atom. The van der Waals surface area contributed by atoms with Crippen LogP contribution in [-0.4, -0.2) is 35.5 Å². The highest BCUT2D eigenvalue weighted by Gasteiger charge is 2.55. The van der Waals surface area contributed by atoms with Crippen LogP contribution in [0.25, 0.3) is 0 Å². The van der Waals surface area contributed by atoms with Crippen LogP contribution in [0.2, 0.25) is 0 Å². The Balaban J connectivity index is 6.77. The summed E-state index contributed by atoms with van der Waals surface area (Å²) in [6.45, 7) is 13.5. The second kappa shape index (κ2) is 37.0. The summed E-state index contributed by atoms with van der Waals surface area (Å²) in [4.78, 5) is 14.7. The molecule has 0 aromatic rings. The van der Waals surface area contributed by atoms with Crippen LogP contribution < -0.4 is 0 Å². The van der Waals surface area contributed by atoms with Crippen molar-refractivity contribution in [1.82, 2.24) is 0 Å². The van der Waals surface area contributed by atoms with Gasteiger partial charge in [0.05, 0.1) is 12.5 Å². The lowest BCUT2D eigenvalue weighted by atomic mass is 9.48. The first kappa shape index (κ1) is 52.4. The Bertz CT molecular complexity index is 752. The van der Waals surface area contributed by atoms with E-state index in [9.17, 15) is 15.0 Å². The van der Waals surface area contributed by atoms with Crippen LogP contribution in [0.1, 0.15) is 273 Å². The molecule has 0 saturated carbocycles. The number of rotatable bonds is 42. The molecule has 3 atom stereocenters. The molecule has 0 bridgehead atoms. The maximum Gasteiger partial charge on any atom is 0.309 e. The van der Waals surface area contributed by atoms with Crippen molar-refractivity contribution < 1.29 is 19.7 Å². The van der Waals surface area contributed by atoms with Crippen molar-refractivity contribution in [3.63, 3.8) is 0 Å². The quantitative estimate of drug-likeness (QED) is 0.0481. The zero-order chi connectivity index (χ0) is 39.3. The summed E-state index contributed by atoms with van der Waals surface area (Å²) in [6.07, 6.45) is 44.2. The number of hydrogen-bond donors (Lipinski definition) is 2. The van der Waals surface area contributed by atoms with Gasteiger partial charge in [0.15, 0.2) is 0 Å². The molecule has 2 N–H and O–H groups in total. The molecule has 0 amide bonds. The highest BCUT2D eigenvalue weighted by molar-refractivity contribution is 5.73. The lowest BCUT2D eigenvalue weighted by Crippen LogP contribution is -2.51. The summed E-state index contributed by atoms with van der Waals surface area (Å²) in [5.41, 5.74) is 0.00868. The van der Waals surface area contributed by atoms with Crippen molar-refractivity contribution in [3.8, 4) is 0 Å². The van der Waals surface area contributed by atoms with Gasteiger partial charge in [-0.2, -0.15) is 0 Å². The zero-order valence-electron chi connectivity index (χ0n) is 37.2. The minimum Gasteiger partial charge on any atom is -0.463 e. The number of unbranched alkanes of at least 4 members (excludes halogenated alkanes) is 25. The lowest BCUT2D eigenvalue weighted by Gasteiger charge is -2.56. The molecule has 0 saturated heterocycles. The molecule has 0 aliphatic heterocycles. The number of aliphatic hydroxyl groups is 2. The van der Waals surface area contributed by atoms with Gasteiger partial charge in [0.1, 0.15) is 12.7 Å². The van der Waals surface area contributed by atoms with E-state index >= 15 is 0 Å². The molecule has 4 nitrogen and oxygen atoms in total. The van der Waals surface area contributed by atoms with E-state index in [1.54, 1.807) is 0 Å². The fourth-order valence-electron chi connectivity index (χ4n) is 9.69. The van der Waals surface area contributed by atoms with Crippen molar-refractivity contribution in [2.75, 3.05) is 13.2 Å². The van der Waals surface area contributed by atoms with Gasteiger partial charge in [-0.1, -0.05) is 234 Å². The van der Waals surface area contributed by atoms with E-state index in [1.807, 2.05) is 0 Å². The van der Waals surface area contributed by atoms with Gasteiger partial charge in [-0.05, 0) is 49.4 Å². The second-order valence-corrected chi connectivity index (χ2v) is 17.4. The van der Waals surface area contributed by atoms with Crippen LogP contribution in [0.3, 0.4) is 0 Å². The van der Waals surface area contributed by atoms with E-state index in [2.05, 4.69) is 41.5 Å². The first-order chi connectivity index (χ1) is 25.9. The van der Waals surface area contributed by atoms with E-state index in [4.69, 9.17) is 4.74 Å². The molecule has 53 heavy (non-hydrogen) atoms. The van der Waals surface area contributed by atoms with E-state index in [0.29, 0.717) is 0 Å². The van der Waals surface area contributed by atoms with Crippen LogP contribution in [0.4, 0.5) is 0 Å². The Kier molecular flexibility index (Phi) is 36.6. The van der Waals surface area contributed by atoms with Crippen molar-refractivity contribution in [3.05, 3.63) is 0 Å². The largest absolute Gasteiger partial charge is 0.463 e. The summed E-state index contributed by atoms with van der Waals surface area (Å²) >= 11 is 0. The summed E-state index contributed by atoms with van der Waals surface area (Å²) in [7, 11) is 0. The first-order valence-corrected chi connectivity index (χ1v) is 24.3. The van der Waals surface area contributed by atoms with Crippen LogP contribution >= 0.6 is 0 Å². The molecule has 0 radical (unpaired) electrons. The molecule has 0 heterocycles. The number of esters is 1. The average Bonchev–Trinajstić information content (AvgIpc) is 3.17. The maximum atomic E-state index is 14.7. The van der Waals surface area contributed by atoms with Gasteiger partial charge in [0.2, 0.25) is 0 Å². The minimum atomic E-state index is -1.01. The smallest absolute Gasteiger partial charge is 0.309 e. The number of aliphatic hydroxyl groups excluding tert-OH is 2. The average molecular weight is 751 g/mol. The Morgan fingerprint density at radius 1 is 0.472 bits per heavy atom. The van der Waals surface area contributed by atoms with E-state index < -0.39 is 6.10 Å². The maximum absolute atomic E-state index is 14.7. The van der Waals surface area contributed by atoms with Crippen molar-refractivity contribution >= 4 is 5.97 Å². The monoisotopic (exact) mass is 751 g/mol. The Hall–Kier alpha value is -0.610. The number of carbonyl (C=O) groups excluding carboxylic acids is 1. The lowest BCUT2D eigenvalue weighted by molar-refractivity contribution is -0.168. The first-order valence-electron chi connectivity index (χ1n) is 24.3. The summed E-state index contributed by atoms with van der Waals surface area (Å²) in [5, 5.41) is 20.0. The number of carbonyl (C=O) groups is 1. The molecule has 3 unspecified atom stereocenters. The topological polar surface area (TPSA) is 66.8 Å². The molecule has 0 aromatic carbocycles. The van der Waals surface area contributed by atoms with E-state index in [-0.39, 0.29) is 35.9 Å². The van der Waals surface area contributed by atoms with Crippen LogP contribution in [0, 0.1) is 16.7 Å². The highest BCUT2D eigenvalue weighted by Crippen LogP contribution is 2.61. The van der Waals surface area contributed by atoms with Crippen molar-refractivity contribution in [2.45, 2.75) is 279 Å². The van der Waals surface area contributed by atoms with Gasteiger partial charge in [0.25, 0.3) is 0 Å². The SMILES string of the molecule is CCCCCCCCCCCCC(C(=O)OCC(O)CO)C(CCCCCCCC)(CCCCCCCC)C(CC)(CCCC)CCCCCCCC. The Morgan fingerprint density at radius 3 is 1.19 bits per heavy atom. The summed E-state index contributed by atoms with van der Waals surface area (Å²) in [5.74, 6) is -0.228. The fraction of sp³-hybridized carbons (Fsp3) is 0.980. The molecular formula is C49H98O4. The third-order valence-corrected chi connectivity index (χ3v) is 13.1. The molecular weight excluding hydrogens is 653 g/mol. The van der Waals surface area contributed by atoms with E-state index in [1.165, 1.54) is 199 Å². The van der Waals surface area contributed by atoms with Gasteiger partial charge in [-0.3, -0.25) is 4.79 Å². The molecule has 4 heteroatoms. The van der Waals surface area contributed by atoms with Gasteiger partial charge < -0.3 is 14.9 Å². The summed E-state index contributed by atoms with van der Waals surface area (Å²) < 4.78 is 6.09. The van der Waals surface area contributed by atoms with Crippen molar-refractivity contribution in [1.29, 1.82) is 0 Å². The van der Waals surface area contributed by atoms with Gasteiger partial charge in [-0.25, -0.2) is 0 Å². The number of hydrogen-bond acceptors (Lipinski definition) is 4. The molecule has 0 aliphatic carbocycles. The molecule has 0 aliphatic rings. The highest BCUT2D eigenvalue weighted by atomic mass is 16.5. The zero-order valence-corrected chi connectivity index (χ0v) is 37.2. The molecule has 0 spiro atoms. The summed E-state index contributed by atoms with van der Waals surface area (Å²) in [6, 6.07) is 0. The van der Waals surface area contributed by atoms with Crippen molar-refractivity contribution in [2.24, 2.45) is 16.7 Å². The fourth-order valence-corrected chi connectivity index (χ4v) is 9.69. The Labute approximate surface area is 333 Å². The van der Waals surface area contributed by atoms with Crippen LogP contribution in [-0.2, 0) is 9.53 Å². The molecule has 0 fully saturated rings. The van der Waals surface area contributed by atoms with Gasteiger partial charge in [-0.15, -0.1) is 0 Å².